The van der Waals surface area contributed by atoms with E-state index in [0.717, 1.165) is 5.56 Å². The summed E-state index contributed by atoms with van der Waals surface area (Å²) in [4.78, 5) is 53.4. The second kappa shape index (κ2) is 16.5. The molecule has 0 bridgehead atoms. The molecule has 0 unspecified atom stereocenters. The van der Waals surface area contributed by atoms with Crippen molar-refractivity contribution in [2.75, 3.05) is 26.3 Å². The van der Waals surface area contributed by atoms with Crippen LogP contribution >= 0.6 is 11.6 Å². The van der Waals surface area contributed by atoms with Crippen LogP contribution in [-0.4, -0.2) is 62.0 Å². The van der Waals surface area contributed by atoms with Crippen molar-refractivity contribution in [1.82, 2.24) is 21.3 Å². The number of carbonyl (C=O) groups excluding carboxylic acids is 4. The summed E-state index contributed by atoms with van der Waals surface area (Å²) in [5.41, 5.74) is 0.679. The van der Waals surface area contributed by atoms with Crippen LogP contribution in [0.15, 0.2) is 66.7 Å². The molecule has 2 atom stereocenters. The number of para-hydroxylation sites is 1. The number of halogens is 2. The molecule has 3 aromatic carbocycles. The number of hydrogen-bond acceptors (Lipinski definition) is 6. The van der Waals surface area contributed by atoms with Crippen molar-refractivity contribution in [1.29, 1.82) is 0 Å². The summed E-state index contributed by atoms with van der Waals surface area (Å²) in [6.07, 6.45) is -0.0650. The lowest BCUT2D eigenvalue weighted by atomic mass is 9.84. The molecule has 256 valence electrons. The van der Waals surface area contributed by atoms with Gasteiger partial charge in [-0.05, 0) is 60.4 Å². The van der Waals surface area contributed by atoms with Crippen molar-refractivity contribution in [3.63, 3.8) is 0 Å². The van der Waals surface area contributed by atoms with E-state index in [0.29, 0.717) is 10.8 Å². The molecule has 48 heavy (non-hydrogen) atoms. The van der Waals surface area contributed by atoms with E-state index >= 15 is 0 Å². The van der Waals surface area contributed by atoms with Crippen molar-refractivity contribution >= 4 is 35.2 Å². The summed E-state index contributed by atoms with van der Waals surface area (Å²) >= 11 is 6.19. The largest absolute Gasteiger partial charge is 0.491 e. The Bertz CT molecular complexity index is 1610. The zero-order valence-corrected chi connectivity index (χ0v) is 28.3. The van der Waals surface area contributed by atoms with Crippen molar-refractivity contribution in [3.05, 3.63) is 94.3 Å². The number of fused-ring (bicyclic) bond motifs is 2. The van der Waals surface area contributed by atoms with Gasteiger partial charge in [0.15, 0.2) is 0 Å². The lowest BCUT2D eigenvalue weighted by Gasteiger charge is -2.27. The van der Waals surface area contributed by atoms with E-state index in [1.54, 1.807) is 48.5 Å². The molecule has 12 heteroatoms. The number of benzene rings is 3. The van der Waals surface area contributed by atoms with Gasteiger partial charge in [0.25, 0.3) is 11.8 Å². The lowest BCUT2D eigenvalue weighted by Crippen LogP contribution is -2.50. The lowest BCUT2D eigenvalue weighted by molar-refractivity contribution is -0.124. The number of ether oxygens (including phenoxy) is 2. The Morgan fingerprint density at radius 1 is 0.958 bits per heavy atom. The monoisotopic (exact) mass is 680 g/mol. The van der Waals surface area contributed by atoms with Gasteiger partial charge >= 0.3 is 0 Å². The molecule has 0 saturated heterocycles. The summed E-state index contributed by atoms with van der Waals surface area (Å²) < 4.78 is 25.4. The standard InChI is InChI=1S/C36H42ClFN4O6/c1-22(2)29-20-48-31-15-11-24(37)19-27(31)33(44)39-17-18-47-30-8-6-5-7-26(30)34(45)42-28(14-16-32(43)41-29)35(46)40-21-36(3,4)23-9-12-25(38)13-10-23/h5-13,15,19,22,28-29H,14,16-18,20-21H2,1-4H3,(H,39,44)(H,40,46)(H,41,43)(H,42,45)/t28-,29-/m0/s1. The fourth-order valence-corrected chi connectivity index (χ4v) is 5.25. The second-order valence-electron chi connectivity index (χ2n) is 12.6. The molecular formula is C36H42ClFN4O6. The van der Waals surface area contributed by atoms with E-state index in [9.17, 15) is 23.6 Å². The first kappa shape index (κ1) is 36.2. The van der Waals surface area contributed by atoms with E-state index in [1.165, 1.54) is 18.2 Å². The topological polar surface area (TPSA) is 135 Å². The number of carbonyl (C=O) groups is 4. The van der Waals surface area contributed by atoms with Gasteiger partial charge in [-0.2, -0.15) is 0 Å². The molecule has 0 spiro atoms. The van der Waals surface area contributed by atoms with Crippen LogP contribution in [0, 0.1) is 11.7 Å². The van der Waals surface area contributed by atoms with Crippen LogP contribution in [0.25, 0.3) is 0 Å². The molecule has 3 aromatic rings. The molecule has 1 aliphatic heterocycles. The third-order valence-electron chi connectivity index (χ3n) is 8.14. The first-order chi connectivity index (χ1) is 22.8. The Kier molecular flexibility index (Phi) is 12.4. The predicted molar refractivity (Wildman–Crippen MR) is 181 cm³/mol. The summed E-state index contributed by atoms with van der Waals surface area (Å²) in [5, 5.41) is 11.8. The quantitative estimate of drug-likeness (QED) is 0.306. The Hall–Kier alpha value is -4.64. The Morgan fingerprint density at radius 3 is 2.40 bits per heavy atom. The van der Waals surface area contributed by atoms with Crippen LogP contribution in [0.3, 0.4) is 0 Å². The van der Waals surface area contributed by atoms with E-state index in [4.69, 9.17) is 21.1 Å². The maximum atomic E-state index is 13.6. The maximum Gasteiger partial charge on any atom is 0.255 e. The molecule has 0 radical (unpaired) electrons. The van der Waals surface area contributed by atoms with Gasteiger partial charge in [-0.3, -0.25) is 19.2 Å². The average Bonchev–Trinajstić information content (AvgIpc) is 3.05. The van der Waals surface area contributed by atoms with Gasteiger partial charge < -0.3 is 30.7 Å². The molecule has 1 heterocycles. The van der Waals surface area contributed by atoms with E-state index < -0.39 is 35.2 Å². The third-order valence-corrected chi connectivity index (χ3v) is 8.38. The van der Waals surface area contributed by atoms with Gasteiger partial charge in [-0.15, -0.1) is 0 Å². The van der Waals surface area contributed by atoms with Crippen LogP contribution in [0.1, 0.15) is 66.8 Å². The van der Waals surface area contributed by atoms with Crippen LogP contribution in [0.5, 0.6) is 11.5 Å². The second-order valence-corrected chi connectivity index (χ2v) is 13.1. The van der Waals surface area contributed by atoms with Gasteiger partial charge in [0.1, 0.15) is 36.6 Å². The highest BCUT2D eigenvalue weighted by Gasteiger charge is 2.28. The SMILES string of the molecule is CC(C)[C@@H]1COc2ccc(Cl)cc2C(=O)NCCOc2ccccc2C(=O)N[C@H](C(=O)NCC(C)(C)c2ccc(F)cc2)CCC(=O)N1. The molecular weight excluding hydrogens is 639 g/mol. The molecule has 0 aromatic heterocycles. The smallest absolute Gasteiger partial charge is 0.255 e. The normalized spacial score (nSPS) is 18.3. The predicted octanol–water partition coefficient (Wildman–Crippen LogP) is 4.79. The molecule has 0 aliphatic carbocycles. The van der Waals surface area contributed by atoms with Gasteiger partial charge in [0.05, 0.1) is 23.7 Å². The minimum atomic E-state index is -1.06. The molecule has 4 rings (SSSR count). The van der Waals surface area contributed by atoms with E-state index in [1.807, 2.05) is 27.7 Å². The summed E-state index contributed by atoms with van der Waals surface area (Å²) in [6, 6.07) is 15.8. The highest BCUT2D eigenvalue weighted by Crippen LogP contribution is 2.25. The minimum Gasteiger partial charge on any atom is -0.491 e. The van der Waals surface area contributed by atoms with Crippen LogP contribution in [-0.2, 0) is 15.0 Å². The summed E-state index contributed by atoms with van der Waals surface area (Å²) in [5.74, 6) is -1.65. The first-order valence-electron chi connectivity index (χ1n) is 15.9. The van der Waals surface area contributed by atoms with Gasteiger partial charge in [-0.1, -0.05) is 63.6 Å². The maximum absolute atomic E-state index is 13.6. The van der Waals surface area contributed by atoms with Crippen LogP contribution in [0.4, 0.5) is 4.39 Å². The van der Waals surface area contributed by atoms with Crippen LogP contribution in [0.2, 0.25) is 5.02 Å². The van der Waals surface area contributed by atoms with E-state index in [-0.39, 0.29) is 73.7 Å². The molecule has 0 fully saturated rings. The van der Waals surface area contributed by atoms with Crippen molar-refractivity contribution in [3.8, 4) is 11.5 Å². The Morgan fingerprint density at radius 2 is 1.67 bits per heavy atom. The average molecular weight is 681 g/mol. The Balaban J connectivity index is 1.58. The fraction of sp³-hybridized carbons (Fsp3) is 0.389. The van der Waals surface area contributed by atoms with E-state index in [2.05, 4.69) is 21.3 Å². The minimum absolute atomic E-state index is 0.00876. The molecule has 1 aliphatic rings. The number of amides is 4. The third kappa shape index (κ3) is 9.93. The zero-order valence-electron chi connectivity index (χ0n) is 27.5. The molecule has 0 saturated carbocycles. The highest BCUT2D eigenvalue weighted by atomic mass is 35.5. The summed E-state index contributed by atoms with van der Waals surface area (Å²) in [7, 11) is 0. The first-order valence-corrected chi connectivity index (χ1v) is 16.3. The van der Waals surface area contributed by atoms with Gasteiger partial charge in [0, 0.05) is 23.4 Å². The van der Waals surface area contributed by atoms with Crippen molar-refractivity contribution in [2.45, 2.75) is 58.0 Å². The zero-order chi connectivity index (χ0) is 34.8. The fourth-order valence-electron chi connectivity index (χ4n) is 5.08. The van der Waals surface area contributed by atoms with Gasteiger partial charge in [-0.25, -0.2) is 4.39 Å². The highest BCUT2D eigenvalue weighted by molar-refractivity contribution is 6.31. The van der Waals surface area contributed by atoms with Crippen molar-refractivity contribution < 1.29 is 33.0 Å². The molecule has 4 N–H and O–H groups in total. The number of hydrogen-bond donors (Lipinski definition) is 4. The molecule has 4 amide bonds. The van der Waals surface area contributed by atoms with Gasteiger partial charge in [0.2, 0.25) is 11.8 Å². The molecule has 10 nitrogen and oxygen atoms in total. The number of rotatable bonds is 5. The van der Waals surface area contributed by atoms with Crippen molar-refractivity contribution in [2.24, 2.45) is 5.92 Å². The van der Waals surface area contributed by atoms with Crippen LogP contribution < -0.4 is 30.7 Å². The summed E-state index contributed by atoms with van der Waals surface area (Å²) in [6.45, 7) is 8.10. The Labute approximate surface area is 285 Å². The number of nitrogens with one attached hydrogen (secondary N) is 4.